The van der Waals surface area contributed by atoms with Gasteiger partial charge in [-0.05, 0) is 31.7 Å². The third-order valence-corrected chi connectivity index (χ3v) is 3.49. The zero-order valence-corrected chi connectivity index (χ0v) is 13.0. The molecule has 1 aromatic rings. The average molecular weight is 291 g/mol. The number of amides is 1. The van der Waals surface area contributed by atoms with Crippen LogP contribution in [0.25, 0.3) is 0 Å². The van der Waals surface area contributed by atoms with Gasteiger partial charge in [-0.2, -0.15) is 5.26 Å². The lowest BCUT2D eigenvalue weighted by Crippen LogP contribution is -2.31. The molecule has 0 aliphatic rings. The Morgan fingerprint density at radius 2 is 2.20 bits per heavy atom. The second-order valence-electron chi connectivity index (χ2n) is 4.62. The van der Waals surface area contributed by atoms with E-state index in [1.807, 2.05) is 32.0 Å². The van der Waals surface area contributed by atoms with Crippen molar-refractivity contribution in [2.24, 2.45) is 0 Å². The number of nitrogens with zero attached hydrogens (tertiary/aromatic N) is 1. The lowest BCUT2D eigenvalue weighted by molar-refractivity contribution is -0.121. The van der Waals surface area contributed by atoms with Crippen LogP contribution in [0.5, 0.6) is 0 Å². The highest BCUT2D eigenvalue weighted by Crippen LogP contribution is 2.27. The first-order chi connectivity index (χ1) is 9.58. The number of nitrogens with one attached hydrogen (secondary N) is 2. The topological polar surface area (TPSA) is 64.9 Å². The normalized spacial score (nSPS) is 10.2. The molecule has 0 atom stereocenters. The summed E-state index contributed by atoms with van der Waals surface area (Å²) in [7, 11) is 0. The minimum absolute atomic E-state index is 0.0186. The summed E-state index contributed by atoms with van der Waals surface area (Å²) in [5.74, 6) is 0.944. The van der Waals surface area contributed by atoms with Crippen molar-refractivity contribution in [3.05, 3.63) is 23.8 Å². The Bertz CT molecular complexity index is 494. The summed E-state index contributed by atoms with van der Waals surface area (Å²) in [5.41, 5.74) is 1.45. The SMILES string of the molecule is CCSc1cccc(NCCC(=O)NC(C)C)c1C#N. The summed E-state index contributed by atoms with van der Waals surface area (Å²) in [5, 5.41) is 15.3. The Balaban J connectivity index is 2.62. The van der Waals surface area contributed by atoms with Crippen molar-refractivity contribution in [2.75, 3.05) is 17.6 Å². The first-order valence-electron chi connectivity index (χ1n) is 6.77. The minimum Gasteiger partial charge on any atom is -0.383 e. The van der Waals surface area contributed by atoms with Gasteiger partial charge in [-0.15, -0.1) is 11.8 Å². The van der Waals surface area contributed by atoms with Crippen LogP contribution in [0, 0.1) is 11.3 Å². The fourth-order valence-electron chi connectivity index (χ4n) is 1.77. The maximum atomic E-state index is 11.5. The molecule has 108 valence electrons. The summed E-state index contributed by atoms with van der Waals surface area (Å²) in [6, 6.07) is 8.14. The lowest BCUT2D eigenvalue weighted by atomic mass is 10.2. The van der Waals surface area contributed by atoms with Crippen LogP contribution >= 0.6 is 11.8 Å². The van der Waals surface area contributed by atoms with Gasteiger partial charge in [0.2, 0.25) is 5.91 Å². The van der Waals surface area contributed by atoms with E-state index in [0.29, 0.717) is 18.5 Å². The Labute approximate surface area is 124 Å². The molecule has 1 aromatic carbocycles. The van der Waals surface area contributed by atoms with Gasteiger partial charge >= 0.3 is 0 Å². The molecule has 5 heteroatoms. The Kier molecular flexibility index (Phi) is 6.96. The number of rotatable bonds is 7. The lowest BCUT2D eigenvalue weighted by Gasteiger charge is -2.12. The molecule has 0 fully saturated rings. The second kappa shape index (κ2) is 8.49. The average Bonchev–Trinajstić information content (AvgIpc) is 2.38. The van der Waals surface area contributed by atoms with Gasteiger partial charge in [-0.1, -0.05) is 13.0 Å². The molecule has 1 amide bonds. The Morgan fingerprint density at radius 3 is 2.80 bits per heavy atom. The molecule has 1 rings (SSSR count). The third-order valence-electron chi connectivity index (χ3n) is 2.56. The second-order valence-corrected chi connectivity index (χ2v) is 5.93. The smallest absolute Gasteiger partial charge is 0.221 e. The molecule has 0 bridgehead atoms. The number of nitriles is 1. The van der Waals surface area contributed by atoms with Crippen molar-refractivity contribution in [2.45, 2.75) is 38.1 Å². The highest BCUT2D eigenvalue weighted by Gasteiger charge is 2.08. The third kappa shape index (κ3) is 5.14. The number of anilines is 1. The van der Waals surface area contributed by atoms with E-state index in [4.69, 9.17) is 0 Å². The Hall–Kier alpha value is -1.67. The molecule has 0 aliphatic carbocycles. The van der Waals surface area contributed by atoms with Crippen LogP contribution in [-0.2, 0) is 4.79 Å². The molecule has 0 saturated carbocycles. The van der Waals surface area contributed by atoms with E-state index in [9.17, 15) is 10.1 Å². The molecular formula is C15H21N3OS. The van der Waals surface area contributed by atoms with Crippen LogP contribution in [0.2, 0.25) is 0 Å². The maximum Gasteiger partial charge on any atom is 0.221 e. The first-order valence-corrected chi connectivity index (χ1v) is 7.76. The van der Waals surface area contributed by atoms with Crippen LogP contribution in [0.1, 0.15) is 32.8 Å². The van der Waals surface area contributed by atoms with Crippen molar-refractivity contribution in [3.63, 3.8) is 0 Å². The zero-order chi connectivity index (χ0) is 15.0. The number of benzene rings is 1. The molecule has 0 aliphatic heterocycles. The maximum absolute atomic E-state index is 11.5. The van der Waals surface area contributed by atoms with Gasteiger partial charge in [-0.3, -0.25) is 4.79 Å². The van der Waals surface area contributed by atoms with E-state index in [2.05, 4.69) is 23.6 Å². The van der Waals surface area contributed by atoms with Crippen LogP contribution < -0.4 is 10.6 Å². The zero-order valence-electron chi connectivity index (χ0n) is 12.2. The van der Waals surface area contributed by atoms with E-state index in [1.165, 1.54) is 0 Å². The molecule has 0 unspecified atom stereocenters. The van der Waals surface area contributed by atoms with Gasteiger partial charge in [0.1, 0.15) is 6.07 Å². The van der Waals surface area contributed by atoms with Gasteiger partial charge in [0.05, 0.1) is 11.3 Å². The number of hydrogen-bond donors (Lipinski definition) is 2. The van der Waals surface area contributed by atoms with Gasteiger partial charge in [-0.25, -0.2) is 0 Å². The number of hydrogen-bond acceptors (Lipinski definition) is 4. The fourth-order valence-corrected chi connectivity index (χ4v) is 2.56. The highest BCUT2D eigenvalue weighted by molar-refractivity contribution is 7.99. The van der Waals surface area contributed by atoms with E-state index >= 15 is 0 Å². The summed E-state index contributed by atoms with van der Waals surface area (Å²) in [6.07, 6.45) is 0.397. The molecule has 4 nitrogen and oxygen atoms in total. The molecule has 20 heavy (non-hydrogen) atoms. The quantitative estimate of drug-likeness (QED) is 0.758. The predicted octanol–water partition coefficient (Wildman–Crippen LogP) is 3.00. The minimum atomic E-state index is 0.0186. The number of thioether (sulfide) groups is 1. The summed E-state index contributed by atoms with van der Waals surface area (Å²) < 4.78 is 0. The van der Waals surface area contributed by atoms with Crippen molar-refractivity contribution in [1.82, 2.24) is 5.32 Å². The molecule has 2 N–H and O–H groups in total. The van der Waals surface area contributed by atoms with Gasteiger partial charge in [0.25, 0.3) is 0 Å². The van der Waals surface area contributed by atoms with Crippen LogP contribution in [0.3, 0.4) is 0 Å². The first kappa shape index (κ1) is 16.4. The molecule has 0 aromatic heterocycles. The number of carbonyl (C=O) groups is 1. The van der Waals surface area contributed by atoms with E-state index in [1.54, 1.807) is 11.8 Å². The Morgan fingerprint density at radius 1 is 1.45 bits per heavy atom. The van der Waals surface area contributed by atoms with E-state index in [0.717, 1.165) is 16.3 Å². The van der Waals surface area contributed by atoms with E-state index in [-0.39, 0.29) is 11.9 Å². The summed E-state index contributed by atoms with van der Waals surface area (Å²) >= 11 is 1.65. The van der Waals surface area contributed by atoms with Crippen molar-refractivity contribution in [1.29, 1.82) is 5.26 Å². The van der Waals surface area contributed by atoms with Crippen molar-refractivity contribution >= 4 is 23.4 Å². The van der Waals surface area contributed by atoms with Crippen molar-refractivity contribution in [3.8, 4) is 6.07 Å². The predicted molar refractivity (Wildman–Crippen MR) is 83.9 cm³/mol. The summed E-state index contributed by atoms with van der Waals surface area (Å²) in [4.78, 5) is 12.5. The monoisotopic (exact) mass is 291 g/mol. The van der Waals surface area contributed by atoms with E-state index < -0.39 is 0 Å². The van der Waals surface area contributed by atoms with Crippen molar-refractivity contribution < 1.29 is 4.79 Å². The van der Waals surface area contributed by atoms with Gasteiger partial charge in [0, 0.05) is 23.9 Å². The standard InChI is InChI=1S/C15H21N3OS/c1-4-20-14-7-5-6-13(12(14)10-16)17-9-8-15(19)18-11(2)3/h5-7,11,17H,4,8-9H2,1-3H3,(H,18,19). The largest absolute Gasteiger partial charge is 0.383 e. The van der Waals surface area contributed by atoms with Gasteiger partial charge in [0.15, 0.2) is 0 Å². The molecular weight excluding hydrogens is 270 g/mol. The summed E-state index contributed by atoms with van der Waals surface area (Å²) in [6.45, 7) is 6.45. The fraction of sp³-hybridized carbons (Fsp3) is 0.467. The molecule has 0 radical (unpaired) electrons. The van der Waals surface area contributed by atoms with Crippen LogP contribution in [0.15, 0.2) is 23.1 Å². The van der Waals surface area contributed by atoms with Crippen LogP contribution in [-0.4, -0.2) is 24.2 Å². The van der Waals surface area contributed by atoms with Crippen LogP contribution in [0.4, 0.5) is 5.69 Å². The highest BCUT2D eigenvalue weighted by atomic mass is 32.2. The molecule has 0 spiro atoms. The number of carbonyl (C=O) groups excluding carboxylic acids is 1. The molecule has 0 heterocycles. The molecule has 0 saturated heterocycles. The van der Waals surface area contributed by atoms with Gasteiger partial charge < -0.3 is 10.6 Å².